The molecule has 14 heteroatoms. The highest BCUT2D eigenvalue weighted by atomic mass is 35.5. The molecule has 0 radical (unpaired) electrons. The summed E-state index contributed by atoms with van der Waals surface area (Å²) in [5, 5.41) is 13.6. The fourth-order valence-corrected chi connectivity index (χ4v) is 7.30. The molecule has 52 heavy (non-hydrogen) atoms. The second kappa shape index (κ2) is 15.8. The molecule has 2 saturated heterocycles. The maximum Gasteiger partial charge on any atom is 0.247 e. The molecule has 13 nitrogen and oxygen atoms in total. The Morgan fingerprint density at radius 3 is 2.42 bits per heavy atom. The number of benzene rings is 2. The Morgan fingerprint density at radius 1 is 1.02 bits per heavy atom. The third-order valence-corrected chi connectivity index (χ3v) is 10.7. The third kappa shape index (κ3) is 8.53. The summed E-state index contributed by atoms with van der Waals surface area (Å²) < 4.78 is 5.67. The Bertz CT molecular complexity index is 1790. The van der Waals surface area contributed by atoms with Crippen molar-refractivity contribution >= 4 is 63.1 Å². The van der Waals surface area contributed by atoms with Crippen molar-refractivity contribution in [2.75, 3.05) is 69.0 Å². The molecule has 0 spiro atoms. The minimum Gasteiger partial charge on any atom is -0.494 e. The van der Waals surface area contributed by atoms with Crippen LogP contribution in [0.5, 0.6) is 5.75 Å². The lowest BCUT2D eigenvalue weighted by molar-refractivity contribution is -0.143. The molecular weight excluding hydrogens is 682 g/mol. The second-order valence-corrected chi connectivity index (χ2v) is 15.7. The van der Waals surface area contributed by atoms with Crippen LogP contribution in [0.1, 0.15) is 53.4 Å². The second-order valence-electron chi connectivity index (χ2n) is 15.3. The highest BCUT2D eigenvalue weighted by Gasteiger charge is 2.42. The number of likely N-dealkylation sites (N-methyl/N-ethyl adjacent to an activating group) is 1. The summed E-state index contributed by atoms with van der Waals surface area (Å²) in [6, 6.07) is 7.48. The Hall–Kier alpha value is -4.20. The minimum absolute atomic E-state index is 0.279. The summed E-state index contributed by atoms with van der Waals surface area (Å²) in [4.78, 5) is 56.1. The SMILES string of the molecule is CN[C@@H](C)C(=O)N[C@H](C(=O)N1CCC[C@H]1C(=O)Nc1cc2c(Nc3ccc(N4CCN(CC5CC5)CC4)c(Cl)c3)ncnc2cc1OC)C(C)(C)C. The van der Waals surface area contributed by atoms with E-state index in [2.05, 4.69) is 41.0 Å². The van der Waals surface area contributed by atoms with Crippen molar-refractivity contribution in [2.45, 2.75) is 71.5 Å². The van der Waals surface area contributed by atoms with Gasteiger partial charge in [0.1, 0.15) is 30.0 Å². The maximum absolute atomic E-state index is 14.0. The summed E-state index contributed by atoms with van der Waals surface area (Å²) in [6.45, 7) is 13.0. The molecule has 4 N–H and O–H groups in total. The molecule has 3 heterocycles. The van der Waals surface area contributed by atoms with Gasteiger partial charge in [0, 0.05) is 56.4 Å². The van der Waals surface area contributed by atoms with Crippen molar-refractivity contribution in [3.8, 4) is 5.75 Å². The zero-order chi connectivity index (χ0) is 37.2. The van der Waals surface area contributed by atoms with E-state index in [0.717, 1.165) is 43.5 Å². The number of fused-ring (bicyclic) bond motifs is 1. The van der Waals surface area contributed by atoms with Crippen molar-refractivity contribution < 1.29 is 19.1 Å². The van der Waals surface area contributed by atoms with Crippen molar-refractivity contribution in [2.24, 2.45) is 11.3 Å². The largest absolute Gasteiger partial charge is 0.494 e. The van der Waals surface area contributed by atoms with Gasteiger partial charge in [0.25, 0.3) is 0 Å². The molecule has 2 aromatic carbocycles. The predicted octanol–water partition coefficient (Wildman–Crippen LogP) is 4.64. The molecule has 0 bridgehead atoms. The van der Waals surface area contributed by atoms with E-state index >= 15 is 0 Å². The topological polar surface area (TPSA) is 144 Å². The standard InChI is InChI=1S/C38H52ClN9O4/c1-23(40-5)35(49)45-33(38(2,3)4)37(51)48-13-7-8-31(48)36(50)44-29-19-26-28(20-32(29)52-6)41-22-42-34(26)43-25-11-12-30(27(39)18-25)47-16-14-46(15-17-47)21-24-9-10-24/h11-12,18-20,22-24,31,33,40H,7-10,13-17,21H2,1-6H3,(H,44,50)(H,45,49)(H,41,42,43)/t23-,31-,33+/m0/s1. The van der Waals surface area contributed by atoms with E-state index in [-0.39, 0.29) is 17.7 Å². The highest BCUT2D eigenvalue weighted by Crippen LogP contribution is 2.36. The minimum atomic E-state index is -0.810. The number of ether oxygens (including phenoxy) is 1. The average molecular weight is 734 g/mol. The first-order chi connectivity index (χ1) is 24.9. The molecule has 1 aliphatic carbocycles. The van der Waals surface area contributed by atoms with E-state index in [0.29, 0.717) is 52.6 Å². The van der Waals surface area contributed by atoms with Gasteiger partial charge in [0.2, 0.25) is 17.7 Å². The van der Waals surface area contributed by atoms with Crippen LogP contribution in [-0.4, -0.2) is 109 Å². The zero-order valence-electron chi connectivity index (χ0n) is 31.1. The van der Waals surface area contributed by atoms with Crippen LogP contribution < -0.4 is 30.9 Å². The van der Waals surface area contributed by atoms with Crippen LogP contribution in [0.15, 0.2) is 36.7 Å². The summed E-state index contributed by atoms with van der Waals surface area (Å²) in [6.07, 6.45) is 5.37. The molecule has 3 atom stereocenters. The number of piperazine rings is 1. The van der Waals surface area contributed by atoms with Gasteiger partial charge in [-0.05, 0) is 75.3 Å². The first kappa shape index (κ1) is 37.6. The Morgan fingerprint density at radius 2 is 1.77 bits per heavy atom. The molecule has 2 aliphatic heterocycles. The van der Waals surface area contributed by atoms with E-state index in [1.54, 1.807) is 31.0 Å². The number of hydrogen-bond acceptors (Lipinski definition) is 10. The molecule has 1 saturated carbocycles. The fourth-order valence-electron chi connectivity index (χ4n) is 7.00. The Balaban J connectivity index is 1.18. The van der Waals surface area contributed by atoms with Crippen LogP contribution in [0.3, 0.4) is 0 Å². The fraction of sp³-hybridized carbons (Fsp3) is 0.553. The van der Waals surface area contributed by atoms with E-state index in [1.807, 2.05) is 39.0 Å². The van der Waals surface area contributed by atoms with Gasteiger partial charge in [-0.25, -0.2) is 9.97 Å². The molecule has 3 aromatic rings. The van der Waals surface area contributed by atoms with Gasteiger partial charge in [-0.2, -0.15) is 0 Å². The number of nitrogens with zero attached hydrogens (tertiary/aromatic N) is 5. The quantitative estimate of drug-likeness (QED) is 0.208. The summed E-state index contributed by atoms with van der Waals surface area (Å²) in [5.74, 6) is 0.950. The van der Waals surface area contributed by atoms with Crippen molar-refractivity contribution in [3.05, 3.63) is 41.7 Å². The summed E-state index contributed by atoms with van der Waals surface area (Å²) >= 11 is 6.84. The molecular formula is C38H52ClN9O4. The van der Waals surface area contributed by atoms with Gasteiger partial charge in [-0.15, -0.1) is 0 Å². The molecule has 1 aromatic heterocycles. The number of anilines is 4. The molecule has 280 valence electrons. The van der Waals surface area contributed by atoms with Crippen LogP contribution in [0, 0.1) is 11.3 Å². The lowest BCUT2D eigenvalue weighted by Crippen LogP contribution is -2.59. The number of halogens is 1. The van der Waals surface area contributed by atoms with Gasteiger partial charge in [-0.1, -0.05) is 32.4 Å². The van der Waals surface area contributed by atoms with Crippen LogP contribution in [-0.2, 0) is 14.4 Å². The van der Waals surface area contributed by atoms with Crippen molar-refractivity contribution in [1.29, 1.82) is 0 Å². The number of methoxy groups -OCH3 is 1. The maximum atomic E-state index is 14.0. The number of carbonyl (C=O) groups excluding carboxylic acids is 3. The molecule has 6 rings (SSSR count). The van der Waals surface area contributed by atoms with Crippen LogP contribution in [0.4, 0.5) is 22.9 Å². The third-order valence-electron chi connectivity index (χ3n) is 10.4. The average Bonchev–Trinajstić information content (AvgIpc) is 3.80. The van der Waals surface area contributed by atoms with Crippen LogP contribution in [0.25, 0.3) is 10.9 Å². The first-order valence-corrected chi connectivity index (χ1v) is 18.7. The summed E-state index contributed by atoms with van der Waals surface area (Å²) in [5.41, 5.74) is 2.26. The van der Waals surface area contributed by atoms with E-state index in [9.17, 15) is 14.4 Å². The van der Waals surface area contributed by atoms with Gasteiger partial charge >= 0.3 is 0 Å². The number of hydrogen-bond donors (Lipinski definition) is 4. The highest BCUT2D eigenvalue weighted by molar-refractivity contribution is 6.33. The van der Waals surface area contributed by atoms with Crippen LogP contribution >= 0.6 is 11.6 Å². The Labute approximate surface area is 311 Å². The van der Waals surface area contributed by atoms with Gasteiger partial charge < -0.3 is 35.8 Å². The molecule has 3 aliphatic rings. The number of rotatable bonds is 12. The monoisotopic (exact) mass is 733 g/mol. The molecule has 0 unspecified atom stereocenters. The lowest BCUT2D eigenvalue weighted by atomic mass is 9.85. The molecule has 3 fully saturated rings. The summed E-state index contributed by atoms with van der Waals surface area (Å²) in [7, 11) is 3.22. The van der Waals surface area contributed by atoms with Gasteiger partial charge in [-0.3, -0.25) is 19.3 Å². The number of nitrogens with one attached hydrogen (secondary N) is 4. The smallest absolute Gasteiger partial charge is 0.247 e. The molecule has 3 amide bonds. The van der Waals surface area contributed by atoms with E-state index < -0.39 is 23.5 Å². The lowest BCUT2D eigenvalue weighted by Gasteiger charge is -2.36. The van der Waals surface area contributed by atoms with E-state index in [4.69, 9.17) is 16.3 Å². The zero-order valence-corrected chi connectivity index (χ0v) is 31.8. The normalized spacial score (nSPS) is 19.3. The predicted molar refractivity (Wildman–Crippen MR) is 205 cm³/mol. The van der Waals surface area contributed by atoms with Crippen molar-refractivity contribution in [1.82, 2.24) is 30.4 Å². The van der Waals surface area contributed by atoms with Gasteiger partial charge in [0.05, 0.1) is 35.1 Å². The van der Waals surface area contributed by atoms with Crippen molar-refractivity contribution in [3.63, 3.8) is 0 Å². The first-order valence-electron chi connectivity index (χ1n) is 18.3. The van der Waals surface area contributed by atoms with Gasteiger partial charge in [0.15, 0.2) is 0 Å². The van der Waals surface area contributed by atoms with E-state index in [1.165, 1.54) is 32.8 Å². The number of carbonyl (C=O) groups is 3. The number of likely N-dealkylation sites (tertiary alicyclic amines) is 1. The number of aromatic nitrogens is 2. The Kier molecular flexibility index (Phi) is 11.4. The number of amides is 3. The van der Waals surface area contributed by atoms with Crippen LogP contribution in [0.2, 0.25) is 5.02 Å².